The van der Waals surface area contributed by atoms with Crippen LogP contribution in [-0.2, 0) is 19.4 Å². The fourth-order valence-corrected chi connectivity index (χ4v) is 3.58. The number of carbonyl (C=O) groups excluding carboxylic acids is 2. The highest BCUT2D eigenvalue weighted by atomic mass is 32.2. The number of nitro benzene ring substituents is 1. The summed E-state index contributed by atoms with van der Waals surface area (Å²) < 4.78 is 29.8. The fraction of sp³-hybridized carbons (Fsp3) is 0.263. The van der Waals surface area contributed by atoms with Crippen LogP contribution in [0.5, 0.6) is 5.75 Å². The Labute approximate surface area is 173 Å². The number of hydrogen-bond donors (Lipinski definition) is 2. The molecule has 10 nitrogen and oxygen atoms in total. The van der Waals surface area contributed by atoms with Crippen molar-refractivity contribution in [1.82, 2.24) is 0 Å². The summed E-state index contributed by atoms with van der Waals surface area (Å²) in [5, 5.41) is 15.6. The molecule has 0 aromatic heterocycles. The Morgan fingerprint density at radius 2 is 1.63 bits per heavy atom. The molecule has 0 atom stereocenters. The summed E-state index contributed by atoms with van der Waals surface area (Å²) in [5.41, 5.74) is 0.721. The van der Waals surface area contributed by atoms with Gasteiger partial charge in [0.05, 0.1) is 22.9 Å². The average molecular weight is 435 g/mol. The maximum Gasteiger partial charge on any atom is 0.271 e. The predicted molar refractivity (Wildman–Crippen MR) is 111 cm³/mol. The minimum Gasteiger partial charge on any atom is -0.492 e. The molecule has 0 unspecified atom stereocenters. The number of non-ortho nitro benzene ring substituents is 1. The van der Waals surface area contributed by atoms with E-state index < -0.39 is 38.1 Å². The van der Waals surface area contributed by atoms with Crippen LogP contribution in [0.3, 0.4) is 0 Å². The summed E-state index contributed by atoms with van der Waals surface area (Å²) in [7, 11) is -4.08. The molecule has 2 aromatic carbocycles. The summed E-state index contributed by atoms with van der Waals surface area (Å²) in [6, 6.07) is 10.4. The molecule has 0 saturated carbocycles. The van der Waals surface area contributed by atoms with Gasteiger partial charge in [0.25, 0.3) is 5.69 Å². The Balaban J connectivity index is 2.01. The van der Waals surface area contributed by atoms with Crippen LogP contribution in [0.25, 0.3) is 0 Å². The highest BCUT2D eigenvalue weighted by Crippen LogP contribution is 2.24. The number of sulfone groups is 1. The lowest BCUT2D eigenvalue weighted by atomic mass is 10.2. The maximum atomic E-state index is 12.2. The van der Waals surface area contributed by atoms with Crippen molar-refractivity contribution in [3.05, 3.63) is 58.1 Å². The summed E-state index contributed by atoms with van der Waals surface area (Å²) >= 11 is 0. The Kier molecular flexibility index (Phi) is 7.48. The van der Waals surface area contributed by atoms with Gasteiger partial charge < -0.3 is 15.4 Å². The molecule has 0 spiro atoms. The van der Waals surface area contributed by atoms with E-state index in [1.807, 2.05) is 0 Å². The van der Waals surface area contributed by atoms with Gasteiger partial charge in [-0.3, -0.25) is 19.7 Å². The van der Waals surface area contributed by atoms with Crippen LogP contribution in [0, 0.1) is 17.0 Å². The first-order valence-corrected chi connectivity index (χ1v) is 10.7. The number of nitrogens with zero attached hydrogens (tertiary/aromatic N) is 1. The highest BCUT2D eigenvalue weighted by molar-refractivity contribution is 7.92. The average Bonchev–Trinajstić information content (AvgIpc) is 2.64. The summed E-state index contributed by atoms with van der Waals surface area (Å²) in [4.78, 5) is 34.5. The van der Waals surface area contributed by atoms with E-state index in [0.29, 0.717) is 23.6 Å². The number of hydrogen-bond acceptors (Lipinski definition) is 7. The number of para-hydroxylation sites is 2. The van der Waals surface area contributed by atoms with Crippen molar-refractivity contribution in [2.45, 2.75) is 13.8 Å². The number of nitro groups is 1. The molecule has 0 fully saturated rings. The first-order valence-electron chi connectivity index (χ1n) is 8.88. The van der Waals surface area contributed by atoms with Crippen molar-refractivity contribution < 1.29 is 27.7 Å². The second-order valence-corrected chi connectivity index (χ2v) is 8.38. The van der Waals surface area contributed by atoms with Gasteiger partial charge in [-0.05, 0) is 31.5 Å². The first kappa shape index (κ1) is 22.8. The third kappa shape index (κ3) is 6.55. The quantitative estimate of drug-likeness (QED) is 0.454. The van der Waals surface area contributed by atoms with Crippen LogP contribution in [-0.4, -0.2) is 43.3 Å². The second-order valence-electron chi connectivity index (χ2n) is 6.31. The molecule has 2 aromatic rings. The Hall–Kier alpha value is -3.47. The van der Waals surface area contributed by atoms with Gasteiger partial charge in [0.15, 0.2) is 9.84 Å². The zero-order valence-electron chi connectivity index (χ0n) is 16.4. The molecule has 160 valence electrons. The maximum absolute atomic E-state index is 12.2. The summed E-state index contributed by atoms with van der Waals surface area (Å²) in [6.07, 6.45) is 0. The lowest BCUT2D eigenvalue weighted by molar-refractivity contribution is -0.384. The number of carbonyl (C=O) groups is 2. The van der Waals surface area contributed by atoms with Gasteiger partial charge in [-0.25, -0.2) is 8.42 Å². The van der Waals surface area contributed by atoms with E-state index in [1.54, 1.807) is 38.1 Å². The second kappa shape index (κ2) is 9.83. The minimum atomic E-state index is -4.08. The van der Waals surface area contributed by atoms with E-state index in [-0.39, 0.29) is 11.4 Å². The molecule has 2 amide bonds. The van der Waals surface area contributed by atoms with Crippen LogP contribution in [0.2, 0.25) is 0 Å². The van der Waals surface area contributed by atoms with Crippen LogP contribution < -0.4 is 15.4 Å². The van der Waals surface area contributed by atoms with Crippen LogP contribution >= 0.6 is 0 Å². The molecule has 30 heavy (non-hydrogen) atoms. The van der Waals surface area contributed by atoms with Gasteiger partial charge in [-0.1, -0.05) is 18.2 Å². The van der Waals surface area contributed by atoms with Crippen molar-refractivity contribution in [2.24, 2.45) is 0 Å². The standard InChI is InChI=1S/C19H21N3O7S/c1-3-29-17-7-5-4-6-15(17)20-18(23)11-30(27,28)12-19(24)21-16-10-14(22(25)26)9-8-13(16)2/h4-10H,3,11-12H2,1-2H3,(H,20,23)(H,21,24). The van der Waals surface area contributed by atoms with E-state index in [2.05, 4.69) is 10.6 Å². The molecule has 11 heteroatoms. The number of rotatable bonds is 9. The minimum absolute atomic E-state index is 0.125. The van der Waals surface area contributed by atoms with Crippen LogP contribution in [0.15, 0.2) is 42.5 Å². The molecule has 2 rings (SSSR count). The van der Waals surface area contributed by atoms with E-state index in [4.69, 9.17) is 4.74 Å². The predicted octanol–water partition coefficient (Wildman–Crippen LogP) is 2.29. The van der Waals surface area contributed by atoms with Gasteiger partial charge in [-0.2, -0.15) is 0 Å². The van der Waals surface area contributed by atoms with Crippen molar-refractivity contribution in [1.29, 1.82) is 0 Å². The Morgan fingerprint density at radius 3 is 2.23 bits per heavy atom. The number of ether oxygens (including phenoxy) is 1. The smallest absolute Gasteiger partial charge is 0.271 e. The van der Waals surface area contributed by atoms with E-state index >= 15 is 0 Å². The lowest BCUT2D eigenvalue weighted by Gasteiger charge is -2.12. The van der Waals surface area contributed by atoms with Crippen molar-refractivity contribution >= 4 is 38.7 Å². The molecule has 2 N–H and O–H groups in total. The normalized spacial score (nSPS) is 10.9. The van der Waals surface area contributed by atoms with Gasteiger partial charge in [-0.15, -0.1) is 0 Å². The first-order chi connectivity index (χ1) is 14.1. The number of aryl methyl sites for hydroxylation is 1. The number of anilines is 2. The molecule has 0 bridgehead atoms. The SMILES string of the molecule is CCOc1ccccc1NC(=O)CS(=O)(=O)CC(=O)Nc1cc([N+](=O)[O-])ccc1C. The van der Waals surface area contributed by atoms with E-state index in [0.717, 1.165) is 6.07 Å². The van der Waals surface area contributed by atoms with Gasteiger partial charge in [0.1, 0.15) is 17.3 Å². The molecule has 0 saturated heterocycles. The molecule has 0 aliphatic rings. The summed E-state index contributed by atoms with van der Waals surface area (Å²) in [5.74, 6) is -3.18. The third-order valence-electron chi connectivity index (χ3n) is 3.87. The van der Waals surface area contributed by atoms with Crippen molar-refractivity contribution in [2.75, 3.05) is 28.7 Å². The Bertz CT molecular complexity index is 1070. The lowest BCUT2D eigenvalue weighted by Crippen LogP contribution is -2.30. The number of amides is 2. The van der Waals surface area contributed by atoms with Gasteiger partial charge in [0.2, 0.25) is 11.8 Å². The van der Waals surface area contributed by atoms with Crippen molar-refractivity contribution in [3.63, 3.8) is 0 Å². The zero-order valence-corrected chi connectivity index (χ0v) is 17.2. The molecular weight excluding hydrogens is 414 g/mol. The topological polar surface area (TPSA) is 145 Å². The molecule has 0 aliphatic carbocycles. The molecule has 0 heterocycles. The number of nitrogens with one attached hydrogen (secondary N) is 2. The van der Waals surface area contributed by atoms with E-state index in [9.17, 15) is 28.1 Å². The van der Waals surface area contributed by atoms with Crippen molar-refractivity contribution in [3.8, 4) is 5.75 Å². The number of benzene rings is 2. The van der Waals surface area contributed by atoms with E-state index in [1.165, 1.54) is 12.1 Å². The monoisotopic (exact) mass is 435 g/mol. The van der Waals surface area contributed by atoms with Gasteiger partial charge >= 0.3 is 0 Å². The zero-order chi connectivity index (χ0) is 22.3. The molecule has 0 radical (unpaired) electrons. The van der Waals surface area contributed by atoms with Gasteiger partial charge in [0, 0.05) is 12.1 Å². The largest absolute Gasteiger partial charge is 0.492 e. The third-order valence-corrected chi connectivity index (χ3v) is 5.27. The van der Waals surface area contributed by atoms with Crippen LogP contribution in [0.1, 0.15) is 12.5 Å². The van der Waals surface area contributed by atoms with Crippen LogP contribution in [0.4, 0.5) is 17.1 Å². The molecule has 0 aliphatic heterocycles. The summed E-state index contributed by atoms with van der Waals surface area (Å²) in [6.45, 7) is 3.74. The fourth-order valence-electron chi connectivity index (χ4n) is 2.53. The highest BCUT2D eigenvalue weighted by Gasteiger charge is 2.22. The molecular formula is C19H21N3O7S. The Morgan fingerprint density at radius 1 is 1.03 bits per heavy atom.